The molecule has 1 aliphatic rings. The number of anilines is 1. The van der Waals surface area contributed by atoms with Crippen molar-refractivity contribution in [2.24, 2.45) is 0 Å². The van der Waals surface area contributed by atoms with E-state index in [9.17, 15) is 22.8 Å². The molecule has 0 radical (unpaired) electrons. The fourth-order valence-corrected chi connectivity index (χ4v) is 6.77. The number of carbonyl (C=O) groups is 3. The first-order chi connectivity index (χ1) is 17.5. The molecule has 2 amide bonds. The summed E-state index contributed by atoms with van der Waals surface area (Å²) >= 11 is 4.47. The fraction of sp³-hybridized carbons (Fsp3) is 0.269. The number of carbonyl (C=O) groups excluding carboxylic acids is 2. The molecule has 0 saturated carbocycles. The molecule has 0 aliphatic carbocycles. The van der Waals surface area contributed by atoms with Gasteiger partial charge >= 0.3 is 5.97 Å². The monoisotopic (exact) mass is 541 g/mol. The van der Waals surface area contributed by atoms with Crippen LogP contribution in [-0.4, -0.2) is 79.0 Å². The van der Waals surface area contributed by atoms with Gasteiger partial charge in [0.2, 0.25) is 21.8 Å². The summed E-state index contributed by atoms with van der Waals surface area (Å²) in [6.45, 7) is -0.214. The molecule has 3 aromatic rings. The van der Waals surface area contributed by atoms with Crippen molar-refractivity contribution in [1.29, 1.82) is 0 Å². The summed E-state index contributed by atoms with van der Waals surface area (Å²) in [5.74, 6) is -1.99. The summed E-state index contributed by atoms with van der Waals surface area (Å²) in [6.07, 6.45) is 0.219. The topological polar surface area (TPSA) is 115 Å². The highest BCUT2D eigenvalue weighted by atomic mass is 32.2. The minimum absolute atomic E-state index is 0.0721. The highest BCUT2D eigenvalue weighted by Gasteiger charge is 2.44. The molecular weight excluding hydrogens is 514 g/mol. The Morgan fingerprint density at radius 1 is 1.00 bits per heavy atom. The number of sulfonamides is 1. The Labute approximate surface area is 220 Å². The maximum atomic E-state index is 13.7. The van der Waals surface area contributed by atoms with Crippen molar-refractivity contribution in [1.82, 2.24) is 9.21 Å². The third-order valence-electron chi connectivity index (χ3n) is 6.48. The average Bonchev–Trinajstić information content (AvgIpc) is 3.29. The number of likely N-dealkylation sites (N-methyl/N-ethyl adjacent to an activating group) is 2. The normalized spacial score (nSPS) is 18.0. The van der Waals surface area contributed by atoms with Crippen LogP contribution >= 0.6 is 12.6 Å². The number of benzene rings is 3. The minimum atomic E-state index is -4.03. The second-order valence-corrected chi connectivity index (χ2v) is 11.5. The molecule has 194 valence electrons. The van der Waals surface area contributed by atoms with E-state index in [1.807, 2.05) is 18.2 Å². The van der Waals surface area contributed by atoms with Crippen LogP contribution in [0.2, 0.25) is 0 Å². The Morgan fingerprint density at radius 3 is 2.32 bits per heavy atom. The van der Waals surface area contributed by atoms with Crippen LogP contribution in [0.1, 0.15) is 16.8 Å². The van der Waals surface area contributed by atoms with Crippen LogP contribution in [0.4, 0.5) is 5.69 Å². The Morgan fingerprint density at radius 2 is 1.65 bits per heavy atom. The van der Waals surface area contributed by atoms with E-state index in [2.05, 4.69) is 12.6 Å². The Kier molecular flexibility index (Phi) is 7.58. The number of nitrogens with zero attached hydrogens (tertiary/aromatic N) is 3. The SMILES string of the molecule is CN(CC(=O)N(C)c1ccc(C(=O)O)cc1)C(=O)[C@@H]1C[C@@H](S)CN1S(=O)(=O)c1cccc2ccccc12. The van der Waals surface area contributed by atoms with Crippen molar-refractivity contribution in [2.75, 3.05) is 32.1 Å². The number of carboxylic acid groups (broad SMARTS) is 1. The largest absolute Gasteiger partial charge is 0.478 e. The summed E-state index contributed by atoms with van der Waals surface area (Å²) < 4.78 is 28.6. The van der Waals surface area contributed by atoms with Crippen LogP contribution in [0.25, 0.3) is 10.8 Å². The number of hydrogen-bond donors (Lipinski definition) is 2. The number of thiol groups is 1. The molecule has 0 unspecified atom stereocenters. The van der Waals surface area contributed by atoms with Crippen LogP contribution in [0.15, 0.2) is 71.6 Å². The van der Waals surface area contributed by atoms with Gasteiger partial charge in [-0.25, -0.2) is 13.2 Å². The average molecular weight is 542 g/mol. The second kappa shape index (κ2) is 10.5. The molecule has 0 spiro atoms. The summed E-state index contributed by atoms with van der Waals surface area (Å²) in [5.41, 5.74) is 0.555. The predicted molar refractivity (Wildman–Crippen MR) is 143 cm³/mol. The Hall–Kier alpha value is -3.41. The van der Waals surface area contributed by atoms with Gasteiger partial charge in [-0.2, -0.15) is 16.9 Å². The zero-order valence-corrected chi connectivity index (χ0v) is 22.0. The summed E-state index contributed by atoms with van der Waals surface area (Å²) in [6, 6.07) is 17.0. The van der Waals surface area contributed by atoms with E-state index in [0.717, 1.165) is 5.39 Å². The van der Waals surface area contributed by atoms with Crippen LogP contribution in [0, 0.1) is 0 Å². The maximum Gasteiger partial charge on any atom is 0.335 e. The zero-order valence-electron chi connectivity index (χ0n) is 20.3. The number of rotatable bonds is 7. The summed E-state index contributed by atoms with van der Waals surface area (Å²) in [5, 5.41) is 10.1. The second-order valence-electron chi connectivity index (χ2n) is 8.96. The quantitative estimate of drug-likeness (QED) is 0.445. The first kappa shape index (κ1) is 26.6. The molecule has 1 fully saturated rings. The standard InChI is InChI=1S/C26H27N3O6S2/c1-27(16-24(30)28(2)19-12-10-18(11-13-19)26(32)33)25(31)22-14-20(36)15-29(22)37(34,35)23-9-5-7-17-6-3-4-8-21(17)23/h3-13,20,22,36H,14-16H2,1-2H3,(H,32,33)/t20-,22+/m1/s1. The highest BCUT2D eigenvalue weighted by Crippen LogP contribution is 2.33. The van der Waals surface area contributed by atoms with Gasteiger partial charge in [0.25, 0.3) is 0 Å². The van der Waals surface area contributed by atoms with E-state index in [1.165, 1.54) is 58.5 Å². The van der Waals surface area contributed by atoms with E-state index in [-0.39, 0.29) is 35.2 Å². The molecule has 1 saturated heterocycles. The van der Waals surface area contributed by atoms with Gasteiger partial charge in [-0.3, -0.25) is 9.59 Å². The third kappa shape index (κ3) is 5.34. The first-order valence-electron chi connectivity index (χ1n) is 11.5. The van der Waals surface area contributed by atoms with Gasteiger partial charge in [0.05, 0.1) is 17.0 Å². The molecule has 11 heteroatoms. The van der Waals surface area contributed by atoms with Gasteiger partial charge in [0.15, 0.2) is 0 Å². The molecule has 1 N–H and O–H groups in total. The van der Waals surface area contributed by atoms with Gasteiger partial charge in [-0.15, -0.1) is 0 Å². The molecule has 37 heavy (non-hydrogen) atoms. The van der Waals surface area contributed by atoms with E-state index in [1.54, 1.807) is 18.2 Å². The van der Waals surface area contributed by atoms with Crippen LogP contribution in [0.5, 0.6) is 0 Å². The molecular formula is C26H27N3O6S2. The third-order valence-corrected chi connectivity index (χ3v) is 8.79. The fourth-order valence-electron chi connectivity index (χ4n) is 4.43. The van der Waals surface area contributed by atoms with Crippen molar-refractivity contribution in [3.05, 3.63) is 72.3 Å². The van der Waals surface area contributed by atoms with E-state index < -0.39 is 33.8 Å². The lowest BCUT2D eigenvalue weighted by Crippen LogP contribution is -2.49. The highest BCUT2D eigenvalue weighted by molar-refractivity contribution is 7.89. The van der Waals surface area contributed by atoms with Gasteiger partial charge in [-0.05, 0) is 42.1 Å². The number of carboxylic acids is 1. The molecule has 0 bridgehead atoms. The minimum Gasteiger partial charge on any atom is -0.478 e. The number of hydrogen-bond acceptors (Lipinski definition) is 6. The van der Waals surface area contributed by atoms with E-state index >= 15 is 0 Å². The van der Waals surface area contributed by atoms with Gasteiger partial charge in [0, 0.05) is 37.0 Å². The molecule has 1 heterocycles. The Balaban J connectivity index is 1.53. The molecule has 2 atom stereocenters. The molecule has 0 aromatic heterocycles. The molecule has 4 rings (SSSR count). The number of fused-ring (bicyclic) bond motifs is 1. The molecule has 1 aliphatic heterocycles. The van der Waals surface area contributed by atoms with E-state index in [0.29, 0.717) is 11.1 Å². The van der Waals surface area contributed by atoms with Gasteiger partial charge < -0.3 is 14.9 Å². The van der Waals surface area contributed by atoms with Crippen LogP contribution in [-0.2, 0) is 19.6 Å². The van der Waals surface area contributed by atoms with Gasteiger partial charge in [-0.1, -0.05) is 36.4 Å². The van der Waals surface area contributed by atoms with Gasteiger partial charge in [0.1, 0.15) is 6.04 Å². The van der Waals surface area contributed by atoms with Crippen molar-refractivity contribution >= 4 is 56.9 Å². The first-order valence-corrected chi connectivity index (χ1v) is 13.5. The van der Waals surface area contributed by atoms with Crippen molar-refractivity contribution in [3.63, 3.8) is 0 Å². The number of aromatic carboxylic acids is 1. The summed E-state index contributed by atoms with van der Waals surface area (Å²) in [4.78, 5) is 40.0. The maximum absolute atomic E-state index is 13.7. The lowest BCUT2D eigenvalue weighted by atomic mass is 10.1. The lowest BCUT2D eigenvalue weighted by Gasteiger charge is -2.28. The molecule has 9 nitrogen and oxygen atoms in total. The smallest absolute Gasteiger partial charge is 0.335 e. The van der Waals surface area contributed by atoms with Crippen molar-refractivity contribution < 1.29 is 27.9 Å². The van der Waals surface area contributed by atoms with E-state index in [4.69, 9.17) is 5.11 Å². The zero-order chi connectivity index (χ0) is 26.9. The number of amides is 2. The lowest BCUT2D eigenvalue weighted by molar-refractivity contribution is -0.136. The summed E-state index contributed by atoms with van der Waals surface area (Å²) in [7, 11) is -1.06. The van der Waals surface area contributed by atoms with Crippen molar-refractivity contribution in [2.45, 2.75) is 22.6 Å². The van der Waals surface area contributed by atoms with Crippen molar-refractivity contribution in [3.8, 4) is 0 Å². The predicted octanol–water partition coefficient (Wildman–Crippen LogP) is 2.72. The Bertz CT molecular complexity index is 1450. The molecule has 3 aromatic carbocycles. The van der Waals surface area contributed by atoms with Crippen LogP contribution in [0.3, 0.4) is 0 Å². The van der Waals surface area contributed by atoms with Crippen LogP contribution < -0.4 is 4.90 Å².